The molecule has 4 nitrogen and oxygen atoms in total. The Kier molecular flexibility index (Phi) is 6.92. The Morgan fingerprint density at radius 2 is 2.00 bits per heavy atom. The van der Waals surface area contributed by atoms with Gasteiger partial charge in [-0.15, -0.1) is 0 Å². The molecule has 0 aliphatic rings. The summed E-state index contributed by atoms with van der Waals surface area (Å²) in [6.07, 6.45) is 0. The van der Waals surface area contributed by atoms with Gasteiger partial charge in [0.1, 0.15) is 18.4 Å². The van der Waals surface area contributed by atoms with Crippen LogP contribution in [-0.4, -0.2) is 17.1 Å². The van der Waals surface area contributed by atoms with Crippen molar-refractivity contribution in [3.8, 4) is 5.75 Å². The van der Waals surface area contributed by atoms with Crippen molar-refractivity contribution in [2.45, 2.75) is 26.1 Å². The Labute approximate surface area is 158 Å². The van der Waals surface area contributed by atoms with Crippen LogP contribution >= 0.6 is 39.1 Å². The summed E-state index contributed by atoms with van der Waals surface area (Å²) in [6, 6.07) is 10.3. The third kappa shape index (κ3) is 5.38. The number of hydrogen-bond donors (Lipinski definition) is 2. The largest absolute Gasteiger partial charge is 0.489 e. The predicted octanol–water partition coefficient (Wildman–Crippen LogP) is 4.90. The first-order valence-corrected chi connectivity index (χ1v) is 8.73. The van der Waals surface area contributed by atoms with Gasteiger partial charge in [-0.3, -0.25) is 4.79 Å². The molecule has 2 aromatic carbocycles. The molecule has 1 unspecified atom stereocenters. The number of hydrogen-bond acceptors (Lipinski definition) is 3. The second-order valence-electron chi connectivity index (χ2n) is 5.23. The van der Waals surface area contributed by atoms with E-state index < -0.39 is 12.0 Å². The smallest absolute Gasteiger partial charge is 0.320 e. The molecule has 0 amide bonds. The lowest BCUT2D eigenvalue weighted by atomic mass is 10.2. The van der Waals surface area contributed by atoms with Gasteiger partial charge in [0.25, 0.3) is 0 Å². The van der Waals surface area contributed by atoms with Crippen molar-refractivity contribution < 1.29 is 14.6 Å². The summed E-state index contributed by atoms with van der Waals surface area (Å²) in [5, 5.41) is 12.9. The highest BCUT2D eigenvalue weighted by molar-refractivity contribution is 9.10. The van der Waals surface area contributed by atoms with Gasteiger partial charge in [0.05, 0.1) is 10.0 Å². The van der Waals surface area contributed by atoms with E-state index in [1.54, 1.807) is 19.1 Å². The number of benzene rings is 2. The lowest BCUT2D eigenvalue weighted by Crippen LogP contribution is -2.33. The van der Waals surface area contributed by atoms with Crippen LogP contribution in [0.15, 0.2) is 40.9 Å². The van der Waals surface area contributed by atoms with Crippen LogP contribution in [0.1, 0.15) is 18.1 Å². The number of nitrogens with one attached hydrogen (secondary N) is 1. The average molecular weight is 433 g/mol. The lowest BCUT2D eigenvalue weighted by Gasteiger charge is -2.15. The van der Waals surface area contributed by atoms with Crippen LogP contribution in [0.2, 0.25) is 10.0 Å². The van der Waals surface area contributed by atoms with Crippen molar-refractivity contribution in [3.05, 3.63) is 62.0 Å². The Hall–Kier alpha value is -1.27. The van der Waals surface area contributed by atoms with Crippen LogP contribution < -0.4 is 10.1 Å². The molecule has 0 aliphatic heterocycles. The minimum Gasteiger partial charge on any atom is -0.489 e. The zero-order valence-electron chi connectivity index (χ0n) is 12.9. The first-order valence-electron chi connectivity index (χ1n) is 7.18. The van der Waals surface area contributed by atoms with Crippen LogP contribution in [-0.2, 0) is 17.9 Å². The minimum absolute atomic E-state index is 0.333. The lowest BCUT2D eigenvalue weighted by molar-refractivity contribution is -0.139. The van der Waals surface area contributed by atoms with Gasteiger partial charge < -0.3 is 15.2 Å². The fraction of sp³-hybridized carbons (Fsp3) is 0.235. The molecule has 0 bridgehead atoms. The highest BCUT2D eigenvalue weighted by Crippen LogP contribution is 2.26. The fourth-order valence-electron chi connectivity index (χ4n) is 1.97. The van der Waals surface area contributed by atoms with Gasteiger partial charge in [-0.1, -0.05) is 45.2 Å². The Balaban J connectivity index is 2.08. The van der Waals surface area contributed by atoms with Gasteiger partial charge in [0.2, 0.25) is 0 Å². The first-order chi connectivity index (χ1) is 11.4. The summed E-state index contributed by atoms with van der Waals surface area (Å²) >= 11 is 15.3. The first kappa shape index (κ1) is 19.1. The molecular formula is C17H16BrCl2NO3. The van der Waals surface area contributed by atoms with Gasteiger partial charge >= 0.3 is 5.97 Å². The molecule has 0 radical (unpaired) electrons. The van der Waals surface area contributed by atoms with E-state index in [9.17, 15) is 4.79 Å². The van der Waals surface area contributed by atoms with E-state index in [1.807, 2.05) is 24.3 Å². The molecule has 24 heavy (non-hydrogen) atoms. The number of rotatable bonds is 7. The van der Waals surface area contributed by atoms with Gasteiger partial charge in [-0.05, 0) is 42.8 Å². The van der Waals surface area contributed by atoms with Gasteiger partial charge in [-0.25, -0.2) is 0 Å². The fourth-order valence-corrected chi connectivity index (χ4v) is 2.70. The number of carboxylic acids is 1. The van der Waals surface area contributed by atoms with Crippen LogP contribution in [0.25, 0.3) is 0 Å². The summed E-state index contributed by atoms with van der Waals surface area (Å²) in [4.78, 5) is 10.9. The van der Waals surface area contributed by atoms with E-state index >= 15 is 0 Å². The summed E-state index contributed by atoms with van der Waals surface area (Å²) in [7, 11) is 0. The third-order valence-corrected chi connectivity index (χ3v) is 4.60. The van der Waals surface area contributed by atoms with E-state index in [2.05, 4.69) is 21.2 Å². The van der Waals surface area contributed by atoms with Crippen LogP contribution in [0.3, 0.4) is 0 Å². The van der Waals surface area contributed by atoms with E-state index in [0.29, 0.717) is 28.9 Å². The molecule has 0 spiro atoms. The summed E-state index contributed by atoms with van der Waals surface area (Å²) in [6.45, 7) is 2.31. The molecule has 0 heterocycles. The molecule has 0 saturated heterocycles. The molecule has 0 saturated carbocycles. The molecule has 0 aliphatic carbocycles. The maximum absolute atomic E-state index is 10.9. The van der Waals surface area contributed by atoms with Crippen molar-refractivity contribution in [2.75, 3.05) is 0 Å². The number of halogens is 3. The summed E-state index contributed by atoms with van der Waals surface area (Å²) < 4.78 is 6.75. The highest BCUT2D eigenvalue weighted by atomic mass is 79.9. The Morgan fingerprint density at radius 3 is 2.67 bits per heavy atom. The van der Waals surface area contributed by atoms with Crippen molar-refractivity contribution in [2.24, 2.45) is 0 Å². The molecule has 1 atom stereocenters. The SMILES string of the molecule is CC(NCc1cc(Br)ccc1OCc1ccc(Cl)c(Cl)c1)C(=O)O. The van der Waals surface area contributed by atoms with Gasteiger partial charge in [-0.2, -0.15) is 0 Å². The average Bonchev–Trinajstić information content (AvgIpc) is 2.54. The number of ether oxygens (including phenoxy) is 1. The molecule has 128 valence electrons. The van der Waals surface area contributed by atoms with Crippen molar-refractivity contribution in [3.63, 3.8) is 0 Å². The van der Waals surface area contributed by atoms with Crippen molar-refractivity contribution in [1.29, 1.82) is 0 Å². The molecule has 0 aromatic heterocycles. The summed E-state index contributed by atoms with van der Waals surface area (Å²) in [5.74, 6) is -0.224. The van der Waals surface area contributed by atoms with Crippen molar-refractivity contribution in [1.82, 2.24) is 5.32 Å². The Morgan fingerprint density at radius 1 is 1.25 bits per heavy atom. The molecular weight excluding hydrogens is 417 g/mol. The van der Waals surface area contributed by atoms with Crippen molar-refractivity contribution >= 4 is 45.1 Å². The number of carboxylic acid groups (broad SMARTS) is 1. The van der Waals surface area contributed by atoms with E-state index in [1.165, 1.54) is 0 Å². The Bertz CT molecular complexity index is 740. The quantitative estimate of drug-likeness (QED) is 0.653. The molecule has 2 rings (SSSR count). The van der Waals surface area contributed by atoms with Crippen LogP contribution in [0.4, 0.5) is 0 Å². The van der Waals surface area contributed by atoms with Crippen LogP contribution in [0.5, 0.6) is 5.75 Å². The minimum atomic E-state index is -0.900. The zero-order valence-corrected chi connectivity index (χ0v) is 16.0. The second-order valence-corrected chi connectivity index (χ2v) is 6.96. The molecule has 7 heteroatoms. The maximum Gasteiger partial charge on any atom is 0.320 e. The van der Waals surface area contributed by atoms with E-state index in [-0.39, 0.29) is 0 Å². The number of carbonyl (C=O) groups is 1. The topological polar surface area (TPSA) is 58.6 Å². The van der Waals surface area contributed by atoms with Crippen LogP contribution in [0, 0.1) is 0 Å². The second kappa shape index (κ2) is 8.72. The molecule has 2 N–H and O–H groups in total. The predicted molar refractivity (Wildman–Crippen MR) is 98.9 cm³/mol. The monoisotopic (exact) mass is 431 g/mol. The van der Waals surface area contributed by atoms with E-state index in [0.717, 1.165) is 15.6 Å². The van der Waals surface area contributed by atoms with E-state index in [4.69, 9.17) is 33.0 Å². The zero-order chi connectivity index (χ0) is 17.7. The maximum atomic E-state index is 10.9. The molecule has 2 aromatic rings. The summed E-state index contributed by atoms with van der Waals surface area (Å²) in [5.41, 5.74) is 1.75. The highest BCUT2D eigenvalue weighted by Gasteiger charge is 2.12. The third-order valence-electron chi connectivity index (χ3n) is 3.37. The van der Waals surface area contributed by atoms with Gasteiger partial charge in [0.15, 0.2) is 0 Å². The normalized spacial score (nSPS) is 12.0. The molecule has 0 fully saturated rings. The standard InChI is InChI=1S/C17H16BrCl2NO3/c1-10(17(22)23)21-8-12-7-13(18)3-5-16(12)24-9-11-2-4-14(19)15(20)6-11/h2-7,10,21H,8-9H2,1H3,(H,22,23). The van der Waals surface area contributed by atoms with Gasteiger partial charge in [0, 0.05) is 16.6 Å². The number of aliphatic carboxylic acids is 1.